The van der Waals surface area contributed by atoms with Gasteiger partial charge in [-0.15, -0.1) is 24.0 Å². The van der Waals surface area contributed by atoms with Crippen LogP contribution in [-0.2, 0) is 9.84 Å². The number of guanidine groups is 1. The first kappa shape index (κ1) is 23.2. The average Bonchev–Trinajstić information content (AvgIpc) is 2.40. The molecular formula is C14H32IN3O2S. The van der Waals surface area contributed by atoms with Crippen molar-refractivity contribution < 1.29 is 8.42 Å². The second kappa shape index (κ2) is 13.6. The largest absolute Gasteiger partial charge is 0.356 e. The van der Waals surface area contributed by atoms with E-state index in [0.717, 1.165) is 18.9 Å². The molecule has 0 aromatic heterocycles. The summed E-state index contributed by atoms with van der Waals surface area (Å²) in [7, 11) is -1.13. The van der Waals surface area contributed by atoms with Crippen molar-refractivity contribution in [3.05, 3.63) is 0 Å². The van der Waals surface area contributed by atoms with Gasteiger partial charge < -0.3 is 10.6 Å². The molecule has 0 heterocycles. The molecule has 0 bridgehead atoms. The molecule has 0 fully saturated rings. The third kappa shape index (κ3) is 14.6. The summed E-state index contributed by atoms with van der Waals surface area (Å²) in [6, 6.07) is 0. The molecular weight excluding hydrogens is 401 g/mol. The van der Waals surface area contributed by atoms with Crippen LogP contribution >= 0.6 is 24.0 Å². The van der Waals surface area contributed by atoms with Gasteiger partial charge in [-0.2, -0.15) is 0 Å². The molecule has 21 heavy (non-hydrogen) atoms. The minimum Gasteiger partial charge on any atom is -0.356 e. The van der Waals surface area contributed by atoms with E-state index in [1.807, 2.05) is 0 Å². The first-order valence-corrected chi connectivity index (χ1v) is 9.61. The number of hydrogen-bond donors (Lipinski definition) is 2. The predicted molar refractivity (Wildman–Crippen MR) is 102 cm³/mol. The quantitative estimate of drug-likeness (QED) is 0.240. The number of sulfone groups is 1. The third-order valence-electron chi connectivity index (χ3n) is 3.31. The van der Waals surface area contributed by atoms with E-state index >= 15 is 0 Å². The predicted octanol–water partition coefficient (Wildman–Crippen LogP) is 2.42. The summed E-state index contributed by atoms with van der Waals surface area (Å²) in [5.41, 5.74) is 0. The molecule has 0 spiro atoms. The number of nitrogens with one attached hydrogen (secondary N) is 2. The van der Waals surface area contributed by atoms with E-state index in [-0.39, 0.29) is 29.7 Å². The van der Waals surface area contributed by atoms with Crippen molar-refractivity contribution in [3.8, 4) is 0 Å². The monoisotopic (exact) mass is 433 g/mol. The first-order valence-electron chi connectivity index (χ1n) is 7.55. The van der Waals surface area contributed by atoms with Gasteiger partial charge >= 0.3 is 0 Å². The zero-order chi connectivity index (χ0) is 15.4. The molecule has 7 heteroatoms. The maximum atomic E-state index is 11.0. The van der Waals surface area contributed by atoms with Crippen molar-refractivity contribution >= 4 is 39.8 Å². The molecule has 5 nitrogen and oxygen atoms in total. The van der Waals surface area contributed by atoms with Crippen molar-refractivity contribution in [2.45, 2.75) is 46.0 Å². The Morgan fingerprint density at radius 3 is 2.33 bits per heavy atom. The molecule has 0 saturated heterocycles. The van der Waals surface area contributed by atoms with Crippen LogP contribution in [-0.4, -0.2) is 46.5 Å². The lowest BCUT2D eigenvalue weighted by molar-refractivity contribution is 0.443. The zero-order valence-electron chi connectivity index (χ0n) is 13.8. The lowest BCUT2D eigenvalue weighted by atomic mass is 9.99. The molecule has 0 radical (unpaired) electrons. The molecule has 0 aliphatic carbocycles. The van der Waals surface area contributed by atoms with Gasteiger partial charge in [0.2, 0.25) is 0 Å². The molecule has 1 atom stereocenters. The Morgan fingerprint density at radius 1 is 1.19 bits per heavy atom. The van der Waals surface area contributed by atoms with E-state index in [0.29, 0.717) is 18.9 Å². The Hall–Kier alpha value is -0.0500. The van der Waals surface area contributed by atoms with Crippen LogP contribution < -0.4 is 10.6 Å². The van der Waals surface area contributed by atoms with Gasteiger partial charge in [0, 0.05) is 26.4 Å². The topological polar surface area (TPSA) is 70.6 Å². The summed E-state index contributed by atoms with van der Waals surface area (Å²) in [6.45, 7) is 5.97. The molecule has 2 N–H and O–H groups in total. The first-order chi connectivity index (χ1) is 9.42. The van der Waals surface area contributed by atoms with Crippen LogP contribution in [0.1, 0.15) is 46.0 Å². The molecule has 128 valence electrons. The Kier molecular flexibility index (Phi) is 15.0. The van der Waals surface area contributed by atoms with Gasteiger partial charge in [-0.05, 0) is 18.8 Å². The Balaban J connectivity index is 0. The van der Waals surface area contributed by atoms with E-state index in [2.05, 4.69) is 29.5 Å². The SMILES string of the molecule is CCCCC(CC)CNC(=NC)NCCCS(C)(=O)=O.I. The van der Waals surface area contributed by atoms with Crippen LogP contribution in [0.4, 0.5) is 0 Å². The summed E-state index contributed by atoms with van der Waals surface area (Å²) < 4.78 is 22.1. The molecule has 1 unspecified atom stereocenters. The van der Waals surface area contributed by atoms with Gasteiger partial charge in [0.15, 0.2) is 5.96 Å². The van der Waals surface area contributed by atoms with Crippen LogP contribution in [0.15, 0.2) is 4.99 Å². The molecule has 0 amide bonds. The maximum absolute atomic E-state index is 11.0. The second-order valence-corrected chi connectivity index (χ2v) is 7.54. The van der Waals surface area contributed by atoms with E-state index < -0.39 is 9.84 Å². The van der Waals surface area contributed by atoms with Crippen LogP contribution in [0.5, 0.6) is 0 Å². The molecule has 0 saturated carbocycles. The molecule has 0 aliphatic rings. The van der Waals surface area contributed by atoms with Crippen LogP contribution in [0.25, 0.3) is 0 Å². The van der Waals surface area contributed by atoms with Gasteiger partial charge in [-0.3, -0.25) is 4.99 Å². The van der Waals surface area contributed by atoms with E-state index in [1.165, 1.54) is 25.5 Å². The number of unbranched alkanes of at least 4 members (excludes halogenated alkanes) is 1. The minimum absolute atomic E-state index is 0. The summed E-state index contributed by atoms with van der Waals surface area (Å²) in [6.07, 6.45) is 6.77. The number of nitrogens with zero attached hydrogens (tertiary/aromatic N) is 1. The van der Waals surface area contributed by atoms with Crippen molar-refractivity contribution in [2.75, 3.05) is 32.1 Å². The van der Waals surface area contributed by atoms with Gasteiger partial charge in [0.25, 0.3) is 0 Å². The highest BCUT2D eigenvalue weighted by Crippen LogP contribution is 2.10. The van der Waals surface area contributed by atoms with Crippen molar-refractivity contribution in [1.29, 1.82) is 0 Å². The lowest BCUT2D eigenvalue weighted by Gasteiger charge is -2.17. The van der Waals surface area contributed by atoms with Gasteiger partial charge in [-0.25, -0.2) is 8.42 Å². The van der Waals surface area contributed by atoms with Crippen LogP contribution in [0.2, 0.25) is 0 Å². The van der Waals surface area contributed by atoms with Crippen molar-refractivity contribution in [1.82, 2.24) is 10.6 Å². The molecule has 0 rings (SSSR count). The normalized spacial score (nSPS) is 13.4. The van der Waals surface area contributed by atoms with E-state index in [4.69, 9.17) is 0 Å². The van der Waals surface area contributed by atoms with Gasteiger partial charge in [-0.1, -0.05) is 33.1 Å². The fraction of sp³-hybridized carbons (Fsp3) is 0.929. The van der Waals surface area contributed by atoms with Crippen LogP contribution in [0.3, 0.4) is 0 Å². The molecule has 0 aliphatic heterocycles. The summed E-state index contributed by atoms with van der Waals surface area (Å²) in [4.78, 5) is 4.15. The summed E-state index contributed by atoms with van der Waals surface area (Å²) >= 11 is 0. The highest BCUT2D eigenvalue weighted by molar-refractivity contribution is 14.0. The number of aliphatic imine (C=N–C) groups is 1. The van der Waals surface area contributed by atoms with Crippen molar-refractivity contribution in [3.63, 3.8) is 0 Å². The zero-order valence-corrected chi connectivity index (χ0v) is 17.0. The highest BCUT2D eigenvalue weighted by atomic mass is 127. The van der Waals surface area contributed by atoms with Gasteiger partial charge in [0.05, 0.1) is 5.75 Å². The fourth-order valence-electron chi connectivity index (χ4n) is 1.95. The Morgan fingerprint density at radius 2 is 1.86 bits per heavy atom. The second-order valence-electron chi connectivity index (χ2n) is 5.28. The van der Waals surface area contributed by atoms with E-state index in [9.17, 15) is 8.42 Å². The Labute approximate surface area is 147 Å². The highest BCUT2D eigenvalue weighted by Gasteiger charge is 2.07. The summed E-state index contributed by atoms with van der Waals surface area (Å²) in [5, 5.41) is 6.47. The summed E-state index contributed by atoms with van der Waals surface area (Å²) in [5.74, 6) is 1.64. The maximum Gasteiger partial charge on any atom is 0.190 e. The molecule has 0 aromatic carbocycles. The van der Waals surface area contributed by atoms with Crippen molar-refractivity contribution in [2.24, 2.45) is 10.9 Å². The lowest BCUT2D eigenvalue weighted by Crippen LogP contribution is -2.40. The third-order valence-corrected chi connectivity index (χ3v) is 4.34. The minimum atomic E-state index is -2.87. The number of rotatable bonds is 10. The standard InChI is InChI=1S/C14H31N3O2S.HI/c1-5-7-9-13(6-2)12-17-14(15-3)16-10-8-11-20(4,18)19;/h13H,5-12H2,1-4H3,(H2,15,16,17);1H. The molecule has 0 aromatic rings. The van der Waals surface area contributed by atoms with E-state index in [1.54, 1.807) is 7.05 Å². The number of hydrogen-bond acceptors (Lipinski definition) is 3. The Bertz CT molecular complexity index is 372. The van der Waals surface area contributed by atoms with Gasteiger partial charge in [0.1, 0.15) is 9.84 Å². The number of halogens is 1. The smallest absolute Gasteiger partial charge is 0.190 e. The fourth-order valence-corrected chi connectivity index (χ4v) is 2.61. The average molecular weight is 433 g/mol. The van der Waals surface area contributed by atoms with Crippen LogP contribution in [0, 0.1) is 5.92 Å².